The Hall–Kier alpha value is -3.50. The van der Waals surface area contributed by atoms with Crippen LogP contribution in [0.3, 0.4) is 0 Å². The summed E-state index contributed by atoms with van der Waals surface area (Å²) < 4.78 is 15.5. The minimum atomic E-state index is -0.0871. The normalized spacial score (nSPS) is 15.9. The summed E-state index contributed by atoms with van der Waals surface area (Å²) in [5, 5.41) is 8.57. The van der Waals surface area contributed by atoms with E-state index in [0.29, 0.717) is 51.8 Å². The zero-order valence-corrected chi connectivity index (χ0v) is 22.3. The molecule has 37 heavy (non-hydrogen) atoms. The molecule has 1 N–H and O–H groups in total. The average molecular weight is 524 g/mol. The predicted molar refractivity (Wildman–Crippen MR) is 141 cm³/mol. The molecular weight excluding hydrogens is 494 g/mol. The number of hydrogen-bond acceptors (Lipinski definition) is 8. The Kier molecular flexibility index (Phi) is 6.63. The van der Waals surface area contributed by atoms with Crippen LogP contribution in [0.1, 0.15) is 51.5 Å². The molecular formula is C26H30ClN7O3. The summed E-state index contributed by atoms with van der Waals surface area (Å²) in [6.07, 6.45) is 4.31. The molecule has 0 radical (unpaired) electrons. The van der Waals surface area contributed by atoms with Crippen LogP contribution in [0.5, 0.6) is 11.5 Å². The Bertz CT molecular complexity index is 1470. The van der Waals surface area contributed by atoms with Crippen LogP contribution in [-0.2, 0) is 28.4 Å². The molecule has 4 aromatic heterocycles. The molecule has 11 heteroatoms. The Morgan fingerprint density at radius 1 is 1.30 bits per heavy atom. The number of nitrogens with one attached hydrogen (secondary N) is 1. The van der Waals surface area contributed by atoms with Crippen LogP contribution in [0.15, 0.2) is 30.6 Å². The first-order valence-corrected chi connectivity index (χ1v) is 12.6. The first kappa shape index (κ1) is 25.2. The van der Waals surface area contributed by atoms with E-state index >= 15 is 0 Å². The SMILES string of the molecule is CC(=O)Cc1cc(Oc2cnc3nc(Nc4cc(C(C)(C)C)n([C@H]5CCOC5)n4)n(C)c3c2Cl)ccn1. The molecule has 0 spiro atoms. The summed E-state index contributed by atoms with van der Waals surface area (Å²) in [7, 11) is 1.86. The maximum Gasteiger partial charge on any atom is 0.210 e. The third kappa shape index (κ3) is 5.17. The highest BCUT2D eigenvalue weighted by atomic mass is 35.5. The maximum absolute atomic E-state index is 11.5. The van der Waals surface area contributed by atoms with Gasteiger partial charge >= 0.3 is 0 Å². The number of carbonyl (C=O) groups excluding carboxylic acids is 1. The third-order valence-electron chi connectivity index (χ3n) is 6.25. The number of fused-ring (bicyclic) bond motifs is 1. The van der Waals surface area contributed by atoms with Gasteiger partial charge in [-0.3, -0.25) is 14.5 Å². The molecule has 1 atom stereocenters. The summed E-state index contributed by atoms with van der Waals surface area (Å²) in [6.45, 7) is 9.44. The van der Waals surface area contributed by atoms with E-state index in [4.69, 9.17) is 26.2 Å². The van der Waals surface area contributed by atoms with E-state index in [1.807, 2.05) is 11.6 Å². The molecule has 1 aliphatic heterocycles. The van der Waals surface area contributed by atoms with Gasteiger partial charge in [0.15, 0.2) is 17.2 Å². The van der Waals surface area contributed by atoms with Crippen LogP contribution in [0, 0.1) is 0 Å². The van der Waals surface area contributed by atoms with E-state index in [2.05, 4.69) is 51.8 Å². The van der Waals surface area contributed by atoms with Crippen molar-refractivity contribution in [2.45, 2.75) is 52.0 Å². The van der Waals surface area contributed by atoms with E-state index < -0.39 is 0 Å². The second-order valence-electron chi connectivity index (χ2n) is 10.3. The molecule has 0 aromatic carbocycles. The number of aromatic nitrogens is 6. The van der Waals surface area contributed by atoms with Gasteiger partial charge in [-0.05, 0) is 19.4 Å². The average Bonchev–Trinajstić information content (AvgIpc) is 3.55. The van der Waals surface area contributed by atoms with E-state index in [1.165, 1.54) is 6.92 Å². The van der Waals surface area contributed by atoms with Crippen LogP contribution in [0.2, 0.25) is 5.02 Å². The summed E-state index contributed by atoms with van der Waals surface area (Å²) >= 11 is 6.76. The van der Waals surface area contributed by atoms with Crippen LogP contribution in [-0.4, -0.2) is 48.3 Å². The van der Waals surface area contributed by atoms with Gasteiger partial charge in [0, 0.05) is 49.5 Å². The molecule has 4 aromatic rings. The number of pyridine rings is 2. The van der Waals surface area contributed by atoms with Crippen LogP contribution in [0.25, 0.3) is 11.2 Å². The molecule has 0 saturated carbocycles. The van der Waals surface area contributed by atoms with Crippen molar-refractivity contribution in [1.82, 2.24) is 29.3 Å². The number of halogens is 1. The molecule has 0 unspecified atom stereocenters. The van der Waals surface area contributed by atoms with Gasteiger partial charge in [-0.15, -0.1) is 0 Å². The number of hydrogen-bond donors (Lipinski definition) is 1. The molecule has 0 amide bonds. The minimum absolute atomic E-state index is 0.0247. The molecule has 10 nitrogen and oxygen atoms in total. The number of imidazole rings is 1. The Morgan fingerprint density at radius 2 is 2.11 bits per heavy atom. The van der Waals surface area contributed by atoms with Crippen LogP contribution in [0.4, 0.5) is 11.8 Å². The van der Waals surface area contributed by atoms with Crippen molar-refractivity contribution in [2.24, 2.45) is 7.05 Å². The number of nitrogens with zero attached hydrogens (tertiary/aromatic N) is 6. The number of ketones is 1. The van der Waals surface area contributed by atoms with Crippen molar-refractivity contribution >= 4 is 40.3 Å². The molecule has 1 saturated heterocycles. The van der Waals surface area contributed by atoms with Gasteiger partial charge in [-0.1, -0.05) is 32.4 Å². The fraction of sp³-hybridized carbons (Fsp3) is 0.423. The van der Waals surface area contributed by atoms with Gasteiger partial charge < -0.3 is 19.4 Å². The van der Waals surface area contributed by atoms with Crippen molar-refractivity contribution in [3.05, 3.63) is 47.0 Å². The topological polar surface area (TPSA) is 109 Å². The molecule has 0 bridgehead atoms. The number of Topliss-reactive ketones (excluding diaryl/α,β-unsaturated/α-hetero) is 1. The van der Waals surface area contributed by atoms with E-state index in [0.717, 1.165) is 18.7 Å². The van der Waals surface area contributed by atoms with Gasteiger partial charge in [0.05, 0.1) is 24.5 Å². The smallest absolute Gasteiger partial charge is 0.210 e. The largest absolute Gasteiger partial charge is 0.454 e. The highest BCUT2D eigenvalue weighted by molar-refractivity contribution is 6.36. The molecule has 1 aliphatic rings. The van der Waals surface area contributed by atoms with Gasteiger partial charge in [0.25, 0.3) is 0 Å². The molecule has 5 heterocycles. The van der Waals surface area contributed by atoms with E-state index in [9.17, 15) is 4.79 Å². The molecule has 194 valence electrons. The van der Waals surface area contributed by atoms with Gasteiger partial charge in [0.2, 0.25) is 5.95 Å². The highest BCUT2D eigenvalue weighted by Crippen LogP contribution is 2.36. The first-order chi connectivity index (χ1) is 17.6. The van der Waals surface area contributed by atoms with Gasteiger partial charge in [-0.2, -0.15) is 10.1 Å². The Morgan fingerprint density at radius 3 is 2.81 bits per heavy atom. The Labute approximate surface area is 220 Å². The monoisotopic (exact) mass is 523 g/mol. The first-order valence-electron chi connectivity index (χ1n) is 12.2. The standard InChI is InChI=1S/C26H30ClN7O3/c1-15(35)10-16-11-18(6-8-28-16)37-19-13-29-24-23(22(19)27)33(5)25(31-24)30-21-12-20(26(2,3)4)34(32-21)17-7-9-36-14-17/h6,8,11-13,17H,7,9-10,14H2,1-5H3,(H,29,30,31,32)/t17-/m0/s1. The fourth-order valence-electron chi connectivity index (χ4n) is 4.42. The zero-order valence-electron chi connectivity index (χ0n) is 21.6. The molecule has 0 aliphatic carbocycles. The fourth-order valence-corrected chi connectivity index (χ4v) is 4.72. The quantitative estimate of drug-likeness (QED) is 0.354. The summed E-state index contributed by atoms with van der Waals surface area (Å²) in [5.74, 6) is 2.17. The van der Waals surface area contributed by atoms with Crippen molar-refractivity contribution in [2.75, 3.05) is 18.5 Å². The van der Waals surface area contributed by atoms with Crippen molar-refractivity contribution in [3.8, 4) is 11.5 Å². The zero-order chi connectivity index (χ0) is 26.3. The minimum Gasteiger partial charge on any atom is -0.454 e. The van der Waals surface area contributed by atoms with E-state index in [-0.39, 0.29) is 23.7 Å². The van der Waals surface area contributed by atoms with Gasteiger partial charge in [-0.25, -0.2) is 4.98 Å². The molecule has 1 fully saturated rings. The summed E-state index contributed by atoms with van der Waals surface area (Å²) in [4.78, 5) is 24.8. The molecule has 5 rings (SSSR count). The number of anilines is 2. The second-order valence-corrected chi connectivity index (χ2v) is 10.7. The van der Waals surface area contributed by atoms with Crippen molar-refractivity contribution < 1.29 is 14.3 Å². The number of carbonyl (C=O) groups is 1. The Balaban J connectivity index is 1.44. The highest BCUT2D eigenvalue weighted by Gasteiger charge is 2.28. The maximum atomic E-state index is 11.5. The number of rotatable bonds is 7. The predicted octanol–water partition coefficient (Wildman–Crippen LogP) is 5.14. The van der Waals surface area contributed by atoms with Crippen LogP contribution >= 0.6 is 11.6 Å². The van der Waals surface area contributed by atoms with Crippen LogP contribution < -0.4 is 10.1 Å². The van der Waals surface area contributed by atoms with Crippen molar-refractivity contribution in [3.63, 3.8) is 0 Å². The lowest BCUT2D eigenvalue weighted by molar-refractivity contribution is -0.116. The lowest BCUT2D eigenvalue weighted by atomic mass is 9.91. The summed E-state index contributed by atoms with van der Waals surface area (Å²) in [6, 6.07) is 5.70. The lowest BCUT2D eigenvalue weighted by Gasteiger charge is -2.22. The number of ether oxygens (including phenoxy) is 2. The second kappa shape index (κ2) is 9.75. The lowest BCUT2D eigenvalue weighted by Crippen LogP contribution is -2.22. The van der Waals surface area contributed by atoms with Crippen molar-refractivity contribution in [1.29, 1.82) is 0 Å². The summed E-state index contributed by atoms with van der Waals surface area (Å²) in [5.41, 5.74) is 2.77. The van der Waals surface area contributed by atoms with E-state index in [1.54, 1.807) is 24.5 Å². The van der Waals surface area contributed by atoms with Gasteiger partial charge in [0.1, 0.15) is 22.1 Å². The third-order valence-corrected chi connectivity index (χ3v) is 6.61. The number of aryl methyl sites for hydroxylation is 1.